The maximum Gasteiger partial charge on any atom is 0.152 e. The second-order valence-electron chi connectivity index (χ2n) is 5.33. The Labute approximate surface area is 107 Å². The molecule has 2 aliphatic rings. The van der Waals surface area contributed by atoms with Gasteiger partial charge in [-0.05, 0) is 43.8 Å². The van der Waals surface area contributed by atoms with E-state index in [4.69, 9.17) is 0 Å². The summed E-state index contributed by atoms with van der Waals surface area (Å²) in [7, 11) is -2.83. The van der Waals surface area contributed by atoms with Crippen molar-refractivity contribution < 1.29 is 8.42 Å². The zero-order chi connectivity index (χ0) is 12.6. The van der Waals surface area contributed by atoms with Crippen LogP contribution in [0.15, 0.2) is 12.4 Å². The number of piperidine rings is 1. The molecular weight excluding hydrogens is 250 g/mol. The lowest BCUT2D eigenvalue weighted by atomic mass is 9.93. The van der Waals surface area contributed by atoms with E-state index in [1.54, 1.807) is 0 Å². The highest BCUT2D eigenvalue weighted by molar-refractivity contribution is 7.91. The fraction of sp³-hybridized carbons (Fsp3) is 0.750. The van der Waals surface area contributed by atoms with Crippen LogP contribution < -0.4 is 5.32 Å². The Balaban J connectivity index is 1.73. The molecule has 5 nitrogen and oxygen atoms in total. The Hall–Kier alpha value is -0.880. The minimum Gasteiger partial charge on any atom is -0.317 e. The third-order valence-corrected chi connectivity index (χ3v) is 5.76. The largest absolute Gasteiger partial charge is 0.317 e. The van der Waals surface area contributed by atoms with Gasteiger partial charge in [0.25, 0.3) is 0 Å². The third-order valence-electron chi connectivity index (χ3n) is 4.01. The molecule has 0 spiro atoms. The molecule has 2 fully saturated rings. The molecular formula is C12H19N3O2S. The second-order valence-corrected chi connectivity index (χ2v) is 7.56. The van der Waals surface area contributed by atoms with Crippen molar-refractivity contribution >= 4 is 9.84 Å². The number of nitrogens with one attached hydrogen (secondary N) is 1. The number of rotatable bonds is 2. The van der Waals surface area contributed by atoms with E-state index in [1.807, 2.05) is 10.9 Å². The lowest BCUT2D eigenvalue weighted by Gasteiger charge is -2.21. The molecule has 0 bridgehead atoms. The van der Waals surface area contributed by atoms with E-state index < -0.39 is 9.84 Å². The SMILES string of the molecule is O=S1(=O)CCC(n2cc(C3CCNCC3)cn2)C1. The zero-order valence-corrected chi connectivity index (χ0v) is 11.2. The van der Waals surface area contributed by atoms with Crippen molar-refractivity contribution in [2.45, 2.75) is 31.2 Å². The van der Waals surface area contributed by atoms with Crippen molar-refractivity contribution in [3.8, 4) is 0 Å². The highest BCUT2D eigenvalue weighted by Crippen LogP contribution is 2.28. The molecule has 0 saturated carbocycles. The summed E-state index contributed by atoms with van der Waals surface area (Å²) in [5.74, 6) is 1.14. The Bertz CT molecular complexity index is 517. The topological polar surface area (TPSA) is 64.0 Å². The molecule has 0 aromatic carbocycles. The average Bonchev–Trinajstić information content (AvgIpc) is 2.96. The first kappa shape index (κ1) is 12.2. The van der Waals surface area contributed by atoms with Gasteiger partial charge in [-0.25, -0.2) is 8.42 Å². The van der Waals surface area contributed by atoms with Crippen molar-refractivity contribution in [2.24, 2.45) is 0 Å². The molecule has 3 heterocycles. The van der Waals surface area contributed by atoms with Gasteiger partial charge in [0, 0.05) is 6.20 Å². The van der Waals surface area contributed by atoms with E-state index in [9.17, 15) is 8.42 Å². The number of nitrogens with zero attached hydrogens (tertiary/aromatic N) is 2. The van der Waals surface area contributed by atoms with Crippen LogP contribution in [-0.4, -0.2) is 42.8 Å². The predicted octanol–water partition coefficient (Wildman–Crippen LogP) is 0.710. The molecule has 18 heavy (non-hydrogen) atoms. The summed E-state index contributed by atoms with van der Waals surface area (Å²) in [5.41, 5.74) is 1.26. The van der Waals surface area contributed by atoms with Crippen LogP contribution in [0.5, 0.6) is 0 Å². The number of hydrogen-bond acceptors (Lipinski definition) is 4. The third kappa shape index (κ3) is 2.44. The number of sulfone groups is 1. The molecule has 2 saturated heterocycles. The van der Waals surface area contributed by atoms with Gasteiger partial charge in [-0.1, -0.05) is 0 Å². The number of hydrogen-bond donors (Lipinski definition) is 1. The van der Waals surface area contributed by atoms with Crippen molar-refractivity contribution in [2.75, 3.05) is 24.6 Å². The highest BCUT2D eigenvalue weighted by Gasteiger charge is 2.30. The lowest BCUT2D eigenvalue weighted by Crippen LogP contribution is -2.26. The maximum absolute atomic E-state index is 11.5. The minimum atomic E-state index is -2.83. The molecule has 0 aliphatic carbocycles. The van der Waals surface area contributed by atoms with Gasteiger partial charge in [-0.2, -0.15) is 5.10 Å². The van der Waals surface area contributed by atoms with Gasteiger partial charge in [-0.3, -0.25) is 4.68 Å². The van der Waals surface area contributed by atoms with E-state index in [0.717, 1.165) is 25.9 Å². The minimum absolute atomic E-state index is 0.0467. The first-order valence-corrected chi connectivity index (χ1v) is 8.41. The average molecular weight is 269 g/mol. The summed E-state index contributed by atoms with van der Waals surface area (Å²) in [5, 5.41) is 7.72. The molecule has 0 radical (unpaired) electrons. The van der Waals surface area contributed by atoms with E-state index in [-0.39, 0.29) is 11.8 Å². The van der Waals surface area contributed by atoms with Crippen LogP contribution in [0, 0.1) is 0 Å². The quantitative estimate of drug-likeness (QED) is 0.859. The molecule has 100 valence electrons. The van der Waals surface area contributed by atoms with E-state index in [0.29, 0.717) is 18.1 Å². The van der Waals surface area contributed by atoms with E-state index in [1.165, 1.54) is 5.56 Å². The standard InChI is InChI=1S/C12H19N3O2S/c16-18(17)6-3-12(9-18)15-8-11(7-14-15)10-1-4-13-5-2-10/h7-8,10,12-13H,1-6,9H2. The maximum atomic E-state index is 11.5. The van der Waals surface area contributed by atoms with Crippen LogP contribution in [0.3, 0.4) is 0 Å². The fourth-order valence-electron chi connectivity index (χ4n) is 2.90. The number of aromatic nitrogens is 2. The second kappa shape index (κ2) is 4.66. The van der Waals surface area contributed by atoms with E-state index >= 15 is 0 Å². The lowest BCUT2D eigenvalue weighted by molar-refractivity contribution is 0.458. The summed E-state index contributed by atoms with van der Waals surface area (Å²) in [6, 6.07) is 0.0467. The zero-order valence-electron chi connectivity index (χ0n) is 10.4. The van der Waals surface area contributed by atoms with Gasteiger partial charge in [-0.15, -0.1) is 0 Å². The molecule has 3 rings (SSSR count). The van der Waals surface area contributed by atoms with Crippen molar-refractivity contribution in [3.63, 3.8) is 0 Å². The Morgan fingerprint density at radius 1 is 1.28 bits per heavy atom. The fourth-order valence-corrected chi connectivity index (χ4v) is 4.61. The Morgan fingerprint density at radius 3 is 2.72 bits per heavy atom. The van der Waals surface area contributed by atoms with E-state index in [2.05, 4.69) is 16.6 Å². The van der Waals surface area contributed by atoms with Gasteiger partial charge in [0.05, 0.1) is 23.7 Å². The summed E-state index contributed by atoms with van der Waals surface area (Å²) in [6.07, 6.45) is 6.97. The monoisotopic (exact) mass is 269 g/mol. The molecule has 1 N–H and O–H groups in total. The summed E-state index contributed by atoms with van der Waals surface area (Å²) in [6.45, 7) is 2.13. The van der Waals surface area contributed by atoms with Crippen LogP contribution in [0.25, 0.3) is 0 Å². The van der Waals surface area contributed by atoms with Gasteiger partial charge in [0.2, 0.25) is 0 Å². The van der Waals surface area contributed by atoms with Gasteiger partial charge < -0.3 is 5.32 Å². The molecule has 1 aromatic heterocycles. The van der Waals surface area contributed by atoms with Crippen molar-refractivity contribution in [3.05, 3.63) is 18.0 Å². The van der Waals surface area contributed by atoms with Crippen LogP contribution in [0.4, 0.5) is 0 Å². The molecule has 2 aliphatic heterocycles. The van der Waals surface area contributed by atoms with Gasteiger partial charge >= 0.3 is 0 Å². The Kier molecular flexibility index (Phi) is 3.15. The van der Waals surface area contributed by atoms with Crippen LogP contribution in [0.2, 0.25) is 0 Å². The Morgan fingerprint density at radius 2 is 2.06 bits per heavy atom. The molecule has 1 aromatic rings. The van der Waals surface area contributed by atoms with Gasteiger partial charge in [0.1, 0.15) is 0 Å². The van der Waals surface area contributed by atoms with Crippen LogP contribution >= 0.6 is 0 Å². The highest BCUT2D eigenvalue weighted by atomic mass is 32.2. The van der Waals surface area contributed by atoms with Crippen molar-refractivity contribution in [1.82, 2.24) is 15.1 Å². The predicted molar refractivity (Wildman–Crippen MR) is 69.4 cm³/mol. The molecule has 1 unspecified atom stereocenters. The first-order valence-electron chi connectivity index (χ1n) is 6.59. The molecule has 6 heteroatoms. The normalized spacial score (nSPS) is 28.6. The van der Waals surface area contributed by atoms with Crippen molar-refractivity contribution in [1.29, 1.82) is 0 Å². The van der Waals surface area contributed by atoms with Crippen LogP contribution in [0.1, 0.15) is 36.8 Å². The summed E-state index contributed by atoms with van der Waals surface area (Å²) in [4.78, 5) is 0. The van der Waals surface area contributed by atoms with Gasteiger partial charge in [0.15, 0.2) is 9.84 Å². The first-order chi connectivity index (χ1) is 8.64. The molecule has 0 amide bonds. The summed E-state index contributed by atoms with van der Waals surface area (Å²) < 4.78 is 24.8. The summed E-state index contributed by atoms with van der Waals surface area (Å²) >= 11 is 0. The van der Waals surface area contributed by atoms with Crippen LogP contribution in [-0.2, 0) is 9.84 Å². The smallest absolute Gasteiger partial charge is 0.152 e. The molecule has 1 atom stereocenters.